The monoisotopic (exact) mass is 334 g/mol. The van der Waals surface area contributed by atoms with Crippen molar-refractivity contribution >= 4 is 44.8 Å². The van der Waals surface area contributed by atoms with E-state index < -0.39 is 21.3 Å². The number of halogens is 1. The summed E-state index contributed by atoms with van der Waals surface area (Å²) in [4.78, 5) is 12.7. The van der Waals surface area contributed by atoms with Crippen LogP contribution in [0.3, 0.4) is 0 Å². The Morgan fingerprint density at radius 3 is 2.55 bits per heavy atom. The van der Waals surface area contributed by atoms with Gasteiger partial charge in [0.15, 0.2) is 9.84 Å². The van der Waals surface area contributed by atoms with Crippen molar-refractivity contribution in [1.29, 1.82) is 0 Å². The van der Waals surface area contributed by atoms with E-state index in [2.05, 4.69) is 5.32 Å². The lowest BCUT2D eigenvalue weighted by atomic mass is 10.2. The van der Waals surface area contributed by atoms with Crippen LogP contribution in [0.25, 0.3) is 0 Å². The molecule has 0 aliphatic carbocycles. The highest BCUT2D eigenvalue weighted by Crippen LogP contribution is 2.20. The molecule has 5 nitrogen and oxygen atoms in total. The second-order valence-electron chi connectivity index (χ2n) is 4.62. The molecule has 3 N–H and O–H groups in total. The van der Waals surface area contributed by atoms with Gasteiger partial charge in [-0.05, 0) is 24.3 Å². The second kappa shape index (κ2) is 6.24. The molecule has 1 aliphatic rings. The molecule has 0 radical (unpaired) electrons. The summed E-state index contributed by atoms with van der Waals surface area (Å²) in [5.41, 5.74) is 6.24. The highest BCUT2D eigenvalue weighted by Gasteiger charge is 2.37. The minimum Gasteiger partial charge on any atom is -0.399 e. The van der Waals surface area contributed by atoms with Gasteiger partial charge >= 0.3 is 0 Å². The summed E-state index contributed by atoms with van der Waals surface area (Å²) >= 11 is 7.29. The van der Waals surface area contributed by atoms with E-state index in [0.717, 1.165) is 4.90 Å². The number of sulfone groups is 1. The van der Waals surface area contributed by atoms with Crippen molar-refractivity contribution in [1.82, 2.24) is 5.32 Å². The minimum atomic E-state index is -3.13. The Labute approximate surface area is 127 Å². The molecule has 1 amide bonds. The average molecular weight is 335 g/mol. The van der Waals surface area contributed by atoms with E-state index in [1.54, 1.807) is 12.1 Å². The van der Waals surface area contributed by atoms with Gasteiger partial charge in [-0.2, -0.15) is 0 Å². The first-order valence-electron chi connectivity index (χ1n) is 5.98. The van der Waals surface area contributed by atoms with Crippen LogP contribution in [0.2, 0.25) is 0 Å². The third-order valence-corrected chi connectivity index (χ3v) is 6.27. The van der Waals surface area contributed by atoms with E-state index in [1.807, 2.05) is 12.1 Å². The third kappa shape index (κ3) is 4.29. The quantitative estimate of drug-likeness (QED) is 0.485. The van der Waals surface area contributed by atoms with E-state index in [-0.39, 0.29) is 23.2 Å². The van der Waals surface area contributed by atoms with Crippen molar-refractivity contribution in [3.8, 4) is 0 Å². The summed E-state index contributed by atoms with van der Waals surface area (Å²) in [6.07, 6.45) is 0. The van der Waals surface area contributed by atoms with Gasteiger partial charge in [-0.3, -0.25) is 4.79 Å². The van der Waals surface area contributed by atoms with Gasteiger partial charge in [-0.25, -0.2) is 8.42 Å². The predicted molar refractivity (Wildman–Crippen MR) is 81.8 cm³/mol. The highest BCUT2D eigenvalue weighted by molar-refractivity contribution is 8.00. The van der Waals surface area contributed by atoms with E-state index in [0.29, 0.717) is 5.69 Å². The Morgan fingerprint density at radius 1 is 1.35 bits per heavy atom. The third-order valence-electron chi connectivity index (χ3n) is 2.88. The number of nitrogens with two attached hydrogens (primary N) is 1. The van der Waals surface area contributed by atoms with Gasteiger partial charge < -0.3 is 11.1 Å². The number of carbonyl (C=O) groups excluding carboxylic acids is 1. The van der Waals surface area contributed by atoms with Gasteiger partial charge in [0.05, 0.1) is 28.7 Å². The van der Waals surface area contributed by atoms with Gasteiger partial charge in [-0.1, -0.05) is 0 Å². The maximum atomic E-state index is 11.8. The molecule has 110 valence electrons. The number of nitrogens with one attached hydrogen (secondary N) is 1. The van der Waals surface area contributed by atoms with E-state index in [9.17, 15) is 13.2 Å². The van der Waals surface area contributed by atoms with Crippen LogP contribution in [0.4, 0.5) is 5.69 Å². The summed E-state index contributed by atoms with van der Waals surface area (Å²) < 4.78 is 22.8. The van der Waals surface area contributed by atoms with Crippen LogP contribution in [-0.2, 0) is 14.6 Å². The molecule has 0 aromatic heterocycles. The zero-order chi connectivity index (χ0) is 14.8. The first-order chi connectivity index (χ1) is 9.35. The molecule has 1 aromatic carbocycles. The summed E-state index contributed by atoms with van der Waals surface area (Å²) in [6.45, 7) is 0. The molecule has 2 rings (SSSR count). The Kier molecular flexibility index (Phi) is 4.82. The number of nitrogen functional groups attached to an aromatic ring is 1. The van der Waals surface area contributed by atoms with E-state index in [4.69, 9.17) is 17.3 Å². The van der Waals surface area contributed by atoms with Crippen LogP contribution < -0.4 is 11.1 Å². The largest absolute Gasteiger partial charge is 0.399 e. The van der Waals surface area contributed by atoms with Gasteiger partial charge in [-0.15, -0.1) is 23.4 Å². The Balaban J connectivity index is 1.83. The Bertz CT molecular complexity index is 589. The number of carbonyl (C=O) groups is 1. The molecular weight excluding hydrogens is 320 g/mol. The van der Waals surface area contributed by atoms with Gasteiger partial charge in [0.25, 0.3) is 0 Å². The molecule has 1 fully saturated rings. The molecule has 0 spiro atoms. The molecule has 20 heavy (non-hydrogen) atoms. The molecule has 2 unspecified atom stereocenters. The number of benzene rings is 1. The highest BCUT2D eigenvalue weighted by atomic mass is 35.5. The lowest BCUT2D eigenvalue weighted by molar-refractivity contribution is -0.119. The Morgan fingerprint density at radius 2 is 2.00 bits per heavy atom. The topological polar surface area (TPSA) is 89.3 Å². The molecule has 2 atom stereocenters. The number of hydrogen-bond donors (Lipinski definition) is 2. The first-order valence-corrected chi connectivity index (χ1v) is 9.22. The van der Waals surface area contributed by atoms with Crippen LogP contribution in [-0.4, -0.2) is 43.0 Å². The van der Waals surface area contributed by atoms with Gasteiger partial charge in [0, 0.05) is 10.6 Å². The predicted octanol–water partition coefficient (Wildman–Crippen LogP) is 0.881. The molecule has 1 heterocycles. The fourth-order valence-corrected chi connectivity index (χ4v) is 5.16. The van der Waals surface area contributed by atoms with Crippen LogP contribution in [0, 0.1) is 0 Å². The molecule has 8 heteroatoms. The van der Waals surface area contributed by atoms with Crippen molar-refractivity contribution in [2.75, 3.05) is 23.0 Å². The number of rotatable bonds is 4. The number of amides is 1. The average Bonchev–Trinajstić information content (AvgIpc) is 2.61. The summed E-state index contributed by atoms with van der Waals surface area (Å²) in [6, 6.07) is 6.69. The van der Waals surface area contributed by atoms with Crippen LogP contribution in [0.5, 0.6) is 0 Å². The molecule has 0 saturated carbocycles. The Hall–Kier alpha value is -0.920. The number of anilines is 1. The number of alkyl halides is 1. The SMILES string of the molecule is Nc1ccc(SCC(=O)NC2CS(=O)(=O)CC2Cl)cc1. The summed E-state index contributed by atoms with van der Waals surface area (Å²) in [5, 5.41) is 2.12. The zero-order valence-corrected chi connectivity index (χ0v) is 13.0. The fourth-order valence-electron chi connectivity index (χ4n) is 1.90. The van der Waals surface area contributed by atoms with Crippen molar-refractivity contribution < 1.29 is 13.2 Å². The number of thioether (sulfide) groups is 1. The van der Waals surface area contributed by atoms with Crippen molar-refractivity contribution in [2.24, 2.45) is 0 Å². The van der Waals surface area contributed by atoms with Crippen LogP contribution in [0.1, 0.15) is 0 Å². The van der Waals surface area contributed by atoms with Crippen molar-refractivity contribution in [2.45, 2.75) is 16.3 Å². The van der Waals surface area contributed by atoms with Crippen molar-refractivity contribution in [3.05, 3.63) is 24.3 Å². The van der Waals surface area contributed by atoms with Gasteiger partial charge in [0.1, 0.15) is 0 Å². The van der Waals surface area contributed by atoms with Crippen molar-refractivity contribution in [3.63, 3.8) is 0 Å². The van der Waals surface area contributed by atoms with Crippen LogP contribution >= 0.6 is 23.4 Å². The molecule has 1 aliphatic heterocycles. The molecule has 1 saturated heterocycles. The smallest absolute Gasteiger partial charge is 0.230 e. The van der Waals surface area contributed by atoms with Crippen LogP contribution in [0.15, 0.2) is 29.2 Å². The van der Waals surface area contributed by atoms with Gasteiger partial charge in [0.2, 0.25) is 5.91 Å². The van der Waals surface area contributed by atoms with E-state index >= 15 is 0 Å². The normalized spacial score (nSPS) is 24.4. The molecular formula is C12H15ClN2O3S2. The molecule has 1 aromatic rings. The van der Waals surface area contributed by atoms with E-state index in [1.165, 1.54) is 11.8 Å². The number of hydrogen-bond acceptors (Lipinski definition) is 5. The maximum absolute atomic E-state index is 11.8. The summed E-state index contributed by atoms with van der Waals surface area (Å²) in [5.74, 6) is -0.173. The minimum absolute atomic E-state index is 0.0788. The standard InChI is InChI=1S/C12H15ClN2O3S2/c13-10-6-20(17,18)7-11(10)15-12(16)5-19-9-3-1-8(14)2-4-9/h1-4,10-11H,5-7,14H2,(H,15,16). The fraction of sp³-hybridized carbons (Fsp3) is 0.417. The summed E-state index contributed by atoms with van der Waals surface area (Å²) in [7, 11) is -3.13. The first kappa shape index (κ1) is 15.5. The second-order valence-corrected chi connectivity index (χ2v) is 8.39. The lowest BCUT2D eigenvalue weighted by Crippen LogP contribution is -2.41. The lowest BCUT2D eigenvalue weighted by Gasteiger charge is -2.14. The maximum Gasteiger partial charge on any atom is 0.230 e. The molecule has 0 bridgehead atoms. The zero-order valence-electron chi connectivity index (χ0n) is 10.6.